The minimum Gasteiger partial charge on any atom is -0.330 e. The van der Waals surface area contributed by atoms with Gasteiger partial charge < -0.3 is 17.2 Å². The number of nitrogens with two attached hydrogens (primary N) is 3. The zero-order valence-corrected chi connectivity index (χ0v) is 8.18. The van der Waals surface area contributed by atoms with Gasteiger partial charge in [0.1, 0.15) is 5.66 Å². The van der Waals surface area contributed by atoms with Crippen molar-refractivity contribution in [2.24, 2.45) is 22.3 Å². The number of carbonyl (C=O) groups excluding carboxylic acids is 1. The molecule has 1 atom stereocenters. The summed E-state index contributed by atoms with van der Waals surface area (Å²) in [6.45, 7) is 1.78. The number of nitrogens with zero attached hydrogens (tertiary/aromatic N) is 3. The lowest BCUT2D eigenvalue weighted by Crippen LogP contribution is -2.65. The van der Waals surface area contributed by atoms with Crippen molar-refractivity contribution >= 4 is 5.78 Å². The normalized spacial score (nSPS) is 13.1. The standard InChI is InChI=1S/C7H16N6O/c1-2-3-6(14)7(9,10)5(4-8)12-13-11/h5H,2-4,8-10H2,1H3. The van der Waals surface area contributed by atoms with Gasteiger partial charge >= 0.3 is 0 Å². The fourth-order valence-electron chi connectivity index (χ4n) is 1.03. The first kappa shape index (κ1) is 12.9. The molecule has 6 N–H and O–H groups in total. The fourth-order valence-corrected chi connectivity index (χ4v) is 1.03. The van der Waals surface area contributed by atoms with Crippen LogP contribution in [0.15, 0.2) is 5.11 Å². The SMILES string of the molecule is CCCC(=O)C(N)(N)C(CN)N=[N+]=[N-]. The molecule has 0 spiro atoms. The van der Waals surface area contributed by atoms with E-state index in [0.717, 1.165) is 0 Å². The van der Waals surface area contributed by atoms with E-state index < -0.39 is 11.7 Å². The van der Waals surface area contributed by atoms with Crippen LogP contribution in [0.2, 0.25) is 0 Å². The molecule has 0 aliphatic heterocycles. The van der Waals surface area contributed by atoms with E-state index in [1.165, 1.54) is 0 Å². The molecular weight excluding hydrogens is 184 g/mol. The number of ketones is 1. The third-order valence-corrected chi connectivity index (χ3v) is 1.93. The van der Waals surface area contributed by atoms with Crippen molar-refractivity contribution in [3.8, 4) is 0 Å². The van der Waals surface area contributed by atoms with Crippen LogP contribution in [0.3, 0.4) is 0 Å². The summed E-state index contributed by atoms with van der Waals surface area (Å²) in [5, 5.41) is 3.30. The van der Waals surface area contributed by atoms with Gasteiger partial charge in [0.15, 0.2) is 5.78 Å². The van der Waals surface area contributed by atoms with Crippen LogP contribution in [-0.2, 0) is 4.79 Å². The summed E-state index contributed by atoms with van der Waals surface area (Å²) in [7, 11) is 0. The monoisotopic (exact) mass is 200 g/mol. The van der Waals surface area contributed by atoms with Crippen molar-refractivity contribution in [3.63, 3.8) is 0 Å². The summed E-state index contributed by atoms with van der Waals surface area (Å²) < 4.78 is 0. The summed E-state index contributed by atoms with van der Waals surface area (Å²) in [5.41, 5.74) is 23.0. The first-order valence-corrected chi connectivity index (χ1v) is 4.36. The molecule has 0 saturated carbocycles. The Kier molecular flexibility index (Phi) is 5.11. The van der Waals surface area contributed by atoms with Crippen molar-refractivity contribution in [2.75, 3.05) is 6.54 Å². The Morgan fingerprint density at radius 2 is 2.21 bits per heavy atom. The van der Waals surface area contributed by atoms with E-state index in [9.17, 15) is 4.79 Å². The van der Waals surface area contributed by atoms with Crippen molar-refractivity contribution in [1.29, 1.82) is 0 Å². The zero-order valence-electron chi connectivity index (χ0n) is 8.18. The van der Waals surface area contributed by atoms with E-state index in [1.54, 1.807) is 0 Å². The molecule has 0 amide bonds. The average Bonchev–Trinajstić information content (AvgIpc) is 2.14. The second-order valence-electron chi connectivity index (χ2n) is 3.06. The fraction of sp³-hybridized carbons (Fsp3) is 0.857. The van der Waals surface area contributed by atoms with E-state index in [0.29, 0.717) is 6.42 Å². The van der Waals surface area contributed by atoms with E-state index in [-0.39, 0.29) is 18.7 Å². The number of azide groups is 1. The van der Waals surface area contributed by atoms with Gasteiger partial charge in [-0.2, -0.15) is 0 Å². The minimum atomic E-state index is -1.66. The molecule has 0 rings (SSSR count). The molecule has 0 aliphatic carbocycles. The Hall–Kier alpha value is -1.14. The van der Waals surface area contributed by atoms with Gasteiger partial charge in [-0.15, -0.1) is 0 Å². The van der Waals surface area contributed by atoms with Crippen LogP contribution in [0.5, 0.6) is 0 Å². The number of hydrogen-bond acceptors (Lipinski definition) is 5. The summed E-state index contributed by atoms with van der Waals surface area (Å²) >= 11 is 0. The highest BCUT2D eigenvalue weighted by Gasteiger charge is 2.35. The number of hydrogen-bond donors (Lipinski definition) is 3. The van der Waals surface area contributed by atoms with E-state index >= 15 is 0 Å². The topological polar surface area (TPSA) is 144 Å². The second-order valence-corrected chi connectivity index (χ2v) is 3.06. The molecule has 0 saturated heterocycles. The molecule has 7 nitrogen and oxygen atoms in total. The average molecular weight is 200 g/mol. The molecule has 0 heterocycles. The molecule has 80 valence electrons. The van der Waals surface area contributed by atoms with Crippen LogP contribution < -0.4 is 17.2 Å². The van der Waals surface area contributed by atoms with Gasteiger partial charge in [-0.05, 0) is 12.0 Å². The van der Waals surface area contributed by atoms with Crippen molar-refractivity contribution in [3.05, 3.63) is 10.4 Å². The molecule has 0 aromatic heterocycles. The van der Waals surface area contributed by atoms with Gasteiger partial charge in [0.2, 0.25) is 0 Å². The molecule has 0 aromatic carbocycles. The van der Waals surface area contributed by atoms with Crippen LogP contribution in [-0.4, -0.2) is 24.0 Å². The molecule has 7 heteroatoms. The number of Topliss-reactive ketones (excluding diaryl/α,β-unsaturated/α-hetero) is 1. The lowest BCUT2D eigenvalue weighted by molar-refractivity contribution is -0.124. The quantitative estimate of drug-likeness (QED) is 0.232. The molecule has 0 radical (unpaired) electrons. The first-order chi connectivity index (χ1) is 6.50. The summed E-state index contributed by atoms with van der Waals surface area (Å²) in [6.07, 6.45) is 0.896. The van der Waals surface area contributed by atoms with E-state index in [2.05, 4.69) is 10.0 Å². The number of carbonyl (C=O) groups is 1. The molecule has 0 fully saturated rings. The van der Waals surface area contributed by atoms with Crippen LogP contribution in [0.1, 0.15) is 19.8 Å². The molecule has 0 aromatic rings. The molecule has 0 bridgehead atoms. The highest BCUT2D eigenvalue weighted by molar-refractivity contribution is 5.88. The maximum atomic E-state index is 11.5. The van der Waals surface area contributed by atoms with Gasteiger partial charge in [0.25, 0.3) is 0 Å². The minimum absolute atomic E-state index is 0.0491. The van der Waals surface area contributed by atoms with Gasteiger partial charge in [-0.1, -0.05) is 12.0 Å². The molecule has 1 unspecified atom stereocenters. The summed E-state index contributed by atoms with van der Waals surface area (Å²) in [4.78, 5) is 14.0. The summed E-state index contributed by atoms with van der Waals surface area (Å²) in [6, 6.07) is -0.897. The number of rotatable bonds is 6. The first-order valence-electron chi connectivity index (χ1n) is 4.36. The lowest BCUT2D eigenvalue weighted by atomic mass is 9.95. The second kappa shape index (κ2) is 5.56. The maximum absolute atomic E-state index is 11.5. The third-order valence-electron chi connectivity index (χ3n) is 1.93. The molecular formula is C7H16N6O. The third kappa shape index (κ3) is 2.97. The van der Waals surface area contributed by atoms with Crippen LogP contribution in [0.4, 0.5) is 0 Å². The van der Waals surface area contributed by atoms with E-state index in [4.69, 9.17) is 22.7 Å². The largest absolute Gasteiger partial charge is 0.330 e. The van der Waals surface area contributed by atoms with Gasteiger partial charge in [-0.25, -0.2) is 0 Å². The smallest absolute Gasteiger partial charge is 0.167 e. The Morgan fingerprint density at radius 1 is 1.64 bits per heavy atom. The van der Waals surface area contributed by atoms with Gasteiger partial charge in [0.05, 0.1) is 6.04 Å². The molecule has 14 heavy (non-hydrogen) atoms. The van der Waals surface area contributed by atoms with Gasteiger partial charge in [-0.3, -0.25) is 4.79 Å². The Morgan fingerprint density at radius 3 is 2.57 bits per heavy atom. The van der Waals surface area contributed by atoms with Crippen LogP contribution in [0.25, 0.3) is 10.4 Å². The van der Waals surface area contributed by atoms with Crippen LogP contribution in [0, 0.1) is 0 Å². The molecule has 0 aliphatic rings. The van der Waals surface area contributed by atoms with E-state index in [1.807, 2.05) is 6.92 Å². The Balaban J connectivity index is 4.70. The Labute approximate surface area is 82.2 Å². The highest BCUT2D eigenvalue weighted by atomic mass is 16.1. The lowest BCUT2D eigenvalue weighted by Gasteiger charge is -2.28. The van der Waals surface area contributed by atoms with Crippen LogP contribution >= 0.6 is 0 Å². The predicted molar refractivity (Wildman–Crippen MR) is 53.0 cm³/mol. The zero-order chi connectivity index (χ0) is 11.2. The highest BCUT2D eigenvalue weighted by Crippen LogP contribution is 2.09. The van der Waals surface area contributed by atoms with Crippen molar-refractivity contribution in [2.45, 2.75) is 31.5 Å². The maximum Gasteiger partial charge on any atom is 0.167 e. The Bertz CT molecular complexity index is 245. The van der Waals surface area contributed by atoms with Gasteiger partial charge in [0, 0.05) is 17.9 Å². The van der Waals surface area contributed by atoms with Crippen molar-refractivity contribution < 1.29 is 4.79 Å². The predicted octanol–water partition coefficient (Wildman–Crippen LogP) is -0.393. The summed E-state index contributed by atoms with van der Waals surface area (Å²) in [5.74, 6) is -0.345. The van der Waals surface area contributed by atoms with Crippen molar-refractivity contribution in [1.82, 2.24) is 0 Å².